The average Bonchev–Trinajstić information content (AvgIpc) is 2.34. The lowest BCUT2D eigenvalue weighted by molar-refractivity contribution is 0.323. The van der Waals surface area contributed by atoms with Gasteiger partial charge in [-0.15, -0.1) is 0 Å². The van der Waals surface area contributed by atoms with Gasteiger partial charge in [0.25, 0.3) is 0 Å². The summed E-state index contributed by atoms with van der Waals surface area (Å²) in [6, 6.07) is 1.49. The Bertz CT molecular complexity index is 545. The highest BCUT2D eigenvalue weighted by molar-refractivity contribution is 5.53. The summed E-state index contributed by atoms with van der Waals surface area (Å²) in [6.07, 6.45) is 0.0200. The number of hydrogen-bond donors (Lipinski definition) is 1. The van der Waals surface area contributed by atoms with Crippen LogP contribution in [0, 0.1) is 0 Å². The summed E-state index contributed by atoms with van der Waals surface area (Å²) >= 11 is 0. The lowest BCUT2D eigenvalue weighted by Gasteiger charge is -2.16. The van der Waals surface area contributed by atoms with E-state index in [1.807, 2.05) is 0 Å². The van der Waals surface area contributed by atoms with Crippen molar-refractivity contribution in [1.82, 2.24) is 5.32 Å². The molecule has 4 heteroatoms. The van der Waals surface area contributed by atoms with Crippen molar-refractivity contribution in [3.05, 3.63) is 17.7 Å². The zero-order valence-electron chi connectivity index (χ0n) is 17.1. The molecule has 1 rings (SSSR count). The van der Waals surface area contributed by atoms with E-state index >= 15 is 0 Å². The fourth-order valence-electron chi connectivity index (χ4n) is 1.49. The SMILES string of the molecule is [2H]C([2H])([2H])NC([2H])(C)Cc1cc(OC)c(OC([2H])([2H])[2H])c(OC)c1. The Hall–Kier alpha value is -1.42. The lowest BCUT2D eigenvalue weighted by Crippen LogP contribution is -2.23. The van der Waals surface area contributed by atoms with Crippen molar-refractivity contribution >= 4 is 0 Å². The van der Waals surface area contributed by atoms with Gasteiger partial charge in [-0.05, 0) is 38.0 Å². The minimum atomic E-state index is -2.69. The summed E-state index contributed by atoms with van der Waals surface area (Å²) in [5, 5.41) is 2.24. The molecule has 0 amide bonds. The minimum Gasteiger partial charge on any atom is -0.493 e. The van der Waals surface area contributed by atoms with Crippen LogP contribution in [0.4, 0.5) is 0 Å². The van der Waals surface area contributed by atoms with Crippen LogP contribution in [0.25, 0.3) is 0 Å². The first-order valence-electron chi connectivity index (χ1n) is 8.49. The van der Waals surface area contributed by atoms with Gasteiger partial charge in [-0.1, -0.05) is 0 Å². The second kappa shape index (κ2) is 6.35. The van der Waals surface area contributed by atoms with Crippen LogP contribution < -0.4 is 19.5 Å². The first kappa shape index (κ1) is 6.50. The quantitative estimate of drug-likeness (QED) is 0.831. The molecule has 0 aliphatic carbocycles. The highest BCUT2D eigenvalue weighted by Gasteiger charge is 2.13. The van der Waals surface area contributed by atoms with Gasteiger partial charge in [0.1, 0.15) is 0 Å². The minimum absolute atomic E-state index is 0.0200. The van der Waals surface area contributed by atoms with Gasteiger partial charge in [-0.2, -0.15) is 0 Å². The first-order chi connectivity index (χ1) is 10.8. The van der Waals surface area contributed by atoms with Gasteiger partial charge in [0.05, 0.1) is 25.4 Å². The Balaban J connectivity index is 3.19. The van der Waals surface area contributed by atoms with Crippen LogP contribution in [0.3, 0.4) is 0 Å². The van der Waals surface area contributed by atoms with Crippen LogP contribution in [-0.2, 0) is 6.42 Å². The molecule has 0 spiro atoms. The van der Waals surface area contributed by atoms with Crippen LogP contribution in [-0.4, -0.2) is 34.3 Å². The molecule has 1 aromatic carbocycles. The van der Waals surface area contributed by atoms with E-state index in [9.17, 15) is 0 Å². The van der Waals surface area contributed by atoms with E-state index in [2.05, 4.69) is 5.32 Å². The summed E-state index contributed by atoms with van der Waals surface area (Å²) in [4.78, 5) is 0. The van der Waals surface area contributed by atoms with Gasteiger partial charge in [-0.3, -0.25) is 0 Å². The highest BCUT2D eigenvalue weighted by Crippen LogP contribution is 2.38. The molecule has 0 bridgehead atoms. The molecule has 1 unspecified atom stereocenters. The molecule has 0 radical (unpaired) electrons. The average molecular weight is 246 g/mol. The van der Waals surface area contributed by atoms with Crippen molar-refractivity contribution in [2.45, 2.75) is 19.4 Å². The fourth-order valence-corrected chi connectivity index (χ4v) is 1.49. The number of methoxy groups -OCH3 is 3. The fraction of sp³-hybridized carbons (Fsp3) is 0.538. The van der Waals surface area contributed by atoms with Crippen molar-refractivity contribution < 1.29 is 23.8 Å². The molecule has 0 heterocycles. The molecule has 1 aromatic rings. The third kappa shape index (κ3) is 3.27. The maximum absolute atomic E-state index is 8.10. The number of benzene rings is 1. The highest BCUT2D eigenvalue weighted by atomic mass is 16.5. The monoisotopic (exact) mass is 246 g/mol. The van der Waals surface area contributed by atoms with E-state index in [1.165, 1.54) is 33.3 Å². The van der Waals surface area contributed by atoms with Gasteiger partial charge >= 0.3 is 0 Å². The number of ether oxygens (including phenoxy) is 3. The largest absolute Gasteiger partial charge is 0.493 e. The number of likely N-dealkylation sites (N-methyl/N-ethyl adjacent to an activating group) is 1. The lowest BCUT2D eigenvalue weighted by atomic mass is 10.1. The van der Waals surface area contributed by atoms with E-state index in [1.54, 1.807) is 0 Å². The molecular weight excluding hydrogens is 218 g/mol. The number of nitrogens with one attached hydrogen (secondary N) is 1. The Labute approximate surface area is 113 Å². The van der Waals surface area contributed by atoms with E-state index in [4.69, 9.17) is 23.8 Å². The van der Waals surface area contributed by atoms with Crippen LogP contribution in [0.1, 0.15) is 22.1 Å². The maximum atomic E-state index is 8.10. The standard InChI is InChI=1S/C13H21NO3/c1-9(14-2)6-10-7-11(15-3)13(17-5)12(8-10)16-4/h7-9,14H,6H2,1-5H3/i2D3,5D3,9D. The van der Waals surface area contributed by atoms with Gasteiger partial charge < -0.3 is 19.5 Å². The molecule has 1 atom stereocenters. The zero-order chi connectivity index (χ0) is 18.8. The van der Waals surface area contributed by atoms with Crippen LogP contribution in [0.15, 0.2) is 12.1 Å². The van der Waals surface area contributed by atoms with Crippen LogP contribution in [0.5, 0.6) is 17.2 Å². The predicted octanol–water partition coefficient (Wildman–Crippen LogP) is 1.86. The summed E-state index contributed by atoms with van der Waals surface area (Å²) in [7, 11) is -0.00809. The maximum Gasteiger partial charge on any atom is 0.203 e. The van der Waals surface area contributed by atoms with Crippen molar-refractivity contribution in [3.8, 4) is 17.2 Å². The van der Waals surface area contributed by atoms with Gasteiger partial charge in [0.15, 0.2) is 11.5 Å². The Morgan fingerprint density at radius 1 is 1.29 bits per heavy atom. The van der Waals surface area contributed by atoms with E-state index < -0.39 is 20.0 Å². The summed E-state index contributed by atoms with van der Waals surface area (Å²) in [5.41, 5.74) is 0.524. The third-order valence-electron chi connectivity index (χ3n) is 2.31. The van der Waals surface area contributed by atoms with Gasteiger partial charge in [0, 0.05) is 11.5 Å². The third-order valence-corrected chi connectivity index (χ3v) is 2.31. The molecule has 4 nitrogen and oxygen atoms in total. The van der Waals surface area contributed by atoms with E-state index in [0.717, 1.165) is 0 Å². The molecule has 0 saturated heterocycles. The van der Waals surface area contributed by atoms with Gasteiger partial charge in [-0.25, -0.2) is 0 Å². The summed E-state index contributed by atoms with van der Waals surface area (Å²) in [6.45, 7) is -1.04. The molecule has 0 aromatic heterocycles. The first-order valence-corrected chi connectivity index (χ1v) is 4.99. The second-order valence-corrected chi connectivity index (χ2v) is 3.51. The summed E-state index contributed by atoms with van der Waals surface area (Å²) < 4.78 is 66.6. The Morgan fingerprint density at radius 2 is 1.94 bits per heavy atom. The molecule has 0 aliphatic rings. The number of rotatable bonds is 6. The Kier molecular flexibility index (Phi) is 2.43. The summed E-state index contributed by atoms with van der Waals surface area (Å²) in [5.74, 6) is 0.148. The van der Waals surface area contributed by atoms with E-state index in [0.29, 0.717) is 5.56 Å². The van der Waals surface area contributed by atoms with Crippen molar-refractivity contribution in [1.29, 1.82) is 0 Å². The predicted molar refractivity (Wildman–Crippen MR) is 68.3 cm³/mol. The molecule has 17 heavy (non-hydrogen) atoms. The van der Waals surface area contributed by atoms with Crippen LogP contribution in [0.2, 0.25) is 0 Å². The van der Waals surface area contributed by atoms with E-state index in [-0.39, 0.29) is 23.7 Å². The molecular formula is C13H21NO3. The molecule has 0 fully saturated rings. The zero-order valence-corrected chi connectivity index (χ0v) is 10.1. The molecule has 0 saturated carbocycles. The van der Waals surface area contributed by atoms with Gasteiger partial charge in [0.2, 0.25) is 5.75 Å². The van der Waals surface area contributed by atoms with Crippen molar-refractivity contribution in [2.24, 2.45) is 0 Å². The topological polar surface area (TPSA) is 39.7 Å². The van der Waals surface area contributed by atoms with Crippen molar-refractivity contribution in [3.63, 3.8) is 0 Å². The Morgan fingerprint density at radius 3 is 2.41 bits per heavy atom. The van der Waals surface area contributed by atoms with Crippen molar-refractivity contribution in [2.75, 3.05) is 28.2 Å². The molecule has 1 N–H and O–H groups in total. The smallest absolute Gasteiger partial charge is 0.203 e. The normalized spacial score (nSPS) is 21.5. The number of hydrogen-bond acceptors (Lipinski definition) is 4. The van der Waals surface area contributed by atoms with Crippen LogP contribution >= 0.6 is 0 Å². The molecule has 96 valence electrons. The second-order valence-electron chi connectivity index (χ2n) is 3.51. The molecule has 0 aliphatic heterocycles.